The number of hydrogen-bond donors (Lipinski definition) is 0. The van der Waals surface area contributed by atoms with Gasteiger partial charge in [0.25, 0.3) is 0 Å². The Balaban J connectivity index is 3.24. The third-order valence-electron chi connectivity index (χ3n) is 3.21. The molecular formula is C14H23NSi. The van der Waals surface area contributed by atoms with Gasteiger partial charge in [-0.15, -0.1) is 6.58 Å². The highest BCUT2D eigenvalue weighted by molar-refractivity contribution is 6.94. The second kappa shape index (κ2) is 5.35. The van der Waals surface area contributed by atoms with Gasteiger partial charge in [0.2, 0.25) is 0 Å². The molecule has 0 radical (unpaired) electrons. The molecule has 0 aliphatic carbocycles. The molecule has 0 saturated carbocycles. The van der Waals surface area contributed by atoms with E-state index in [-0.39, 0.29) is 0 Å². The third-order valence-corrected chi connectivity index (χ3v) is 6.04. The van der Waals surface area contributed by atoms with E-state index in [2.05, 4.69) is 68.4 Å². The van der Waals surface area contributed by atoms with Crippen LogP contribution in [0.1, 0.15) is 13.8 Å². The molecule has 88 valence electrons. The van der Waals surface area contributed by atoms with Gasteiger partial charge < -0.3 is 4.90 Å². The van der Waals surface area contributed by atoms with E-state index in [4.69, 9.17) is 0 Å². The van der Waals surface area contributed by atoms with Crippen LogP contribution in [0.15, 0.2) is 36.5 Å². The van der Waals surface area contributed by atoms with Crippen LogP contribution in [-0.2, 0) is 0 Å². The van der Waals surface area contributed by atoms with Crippen LogP contribution in [0, 0.1) is 0 Å². The van der Waals surface area contributed by atoms with Crippen LogP contribution in [0.3, 0.4) is 0 Å². The first-order chi connectivity index (χ1) is 7.56. The summed E-state index contributed by atoms with van der Waals surface area (Å²) in [5, 5.41) is 1.49. The number of hydrogen-bond acceptors (Lipinski definition) is 1. The first kappa shape index (κ1) is 13.0. The molecule has 0 aliphatic rings. The van der Waals surface area contributed by atoms with E-state index in [1.165, 1.54) is 10.9 Å². The maximum absolute atomic E-state index is 4.00. The average Bonchev–Trinajstić information content (AvgIpc) is 2.31. The molecule has 16 heavy (non-hydrogen) atoms. The Labute approximate surface area is 101 Å². The first-order valence-electron chi connectivity index (χ1n) is 6.04. The zero-order valence-corrected chi connectivity index (χ0v) is 12.0. The minimum Gasteiger partial charge on any atom is -0.372 e. The molecule has 0 saturated heterocycles. The highest BCUT2D eigenvalue weighted by Crippen LogP contribution is 2.16. The molecule has 2 heteroatoms. The highest BCUT2D eigenvalue weighted by Gasteiger charge is 2.23. The van der Waals surface area contributed by atoms with Gasteiger partial charge in [0.1, 0.15) is 8.07 Å². The van der Waals surface area contributed by atoms with Gasteiger partial charge in [0.15, 0.2) is 0 Å². The van der Waals surface area contributed by atoms with E-state index < -0.39 is 8.07 Å². The van der Waals surface area contributed by atoms with Gasteiger partial charge in [0, 0.05) is 18.8 Å². The lowest BCUT2D eigenvalue weighted by molar-refractivity contribution is 0.869. The Morgan fingerprint density at radius 2 is 1.75 bits per heavy atom. The van der Waals surface area contributed by atoms with Crippen molar-refractivity contribution >= 4 is 18.9 Å². The number of rotatable bonds is 5. The van der Waals surface area contributed by atoms with Gasteiger partial charge in [-0.05, 0) is 25.1 Å². The van der Waals surface area contributed by atoms with E-state index in [1.54, 1.807) is 0 Å². The summed E-state index contributed by atoms with van der Waals surface area (Å²) in [5.74, 6) is 0. The molecular weight excluding hydrogens is 210 g/mol. The third kappa shape index (κ3) is 2.56. The Morgan fingerprint density at radius 1 is 1.19 bits per heavy atom. The molecule has 1 aromatic carbocycles. The molecule has 0 bridgehead atoms. The predicted molar refractivity (Wildman–Crippen MR) is 77.3 cm³/mol. The molecule has 0 aromatic heterocycles. The minimum atomic E-state index is -1.47. The van der Waals surface area contributed by atoms with Gasteiger partial charge in [-0.3, -0.25) is 0 Å². The molecule has 1 rings (SSSR count). The predicted octanol–water partition coefficient (Wildman–Crippen LogP) is 3.17. The van der Waals surface area contributed by atoms with Gasteiger partial charge in [-0.25, -0.2) is 0 Å². The number of para-hydroxylation sites is 1. The summed E-state index contributed by atoms with van der Waals surface area (Å²) >= 11 is 0. The topological polar surface area (TPSA) is 3.24 Å². The van der Waals surface area contributed by atoms with Crippen molar-refractivity contribution in [1.29, 1.82) is 0 Å². The van der Waals surface area contributed by atoms with Crippen molar-refractivity contribution < 1.29 is 0 Å². The SMILES string of the molecule is C=C[Si](C)(C)c1ccccc1N(CC)CC. The van der Waals surface area contributed by atoms with E-state index in [0.717, 1.165) is 13.1 Å². The average molecular weight is 233 g/mol. The Kier molecular flexibility index (Phi) is 4.36. The van der Waals surface area contributed by atoms with Crippen molar-refractivity contribution in [3.63, 3.8) is 0 Å². The standard InChI is InChI=1S/C14H23NSi/c1-6-15(7-2)13-11-9-10-12-14(13)16(4,5)8-3/h8-12H,3,6-7H2,1-2,4-5H3. The van der Waals surface area contributed by atoms with Crippen molar-refractivity contribution in [2.24, 2.45) is 0 Å². The lowest BCUT2D eigenvalue weighted by atomic mass is 10.3. The van der Waals surface area contributed by atoms with Crippen LogP contribution in [0.25, 0.3) is 0 Å². The van der Waals surface area contributed by atoms with E-state index in [0.29, 0.717) is 0 Å². The molecule has 1 nitrogen and oxygen atoms in total. The normalized spacial score (nSPS) is 11.2. The maximum atomic E-state index is 4.00. The fourth-order valence-corrected chi connectivity index (χ4v) is 3.62. The quantitative estimate of drug-likeness (QED) is 0.706. The Bertz CT molecular complexity index is 354. The second-order valence-corrected chi connectivity index (χ2v) is 9.01. The summed E-state index contributed by atoms with van der Waals surface area (Å²) in [6.45, 7) is 15.3. The van der Waals surface area contributed by atoms with Crippen molar-refractivity contribution in [2.45, 2.75) is 26.9 Å². The largest absolute Gasteiger partial charge is 0.372 e. The molecule has 1 aromatic rings. The molecule has 0 N–H and O–H groups in total. The number of anilines is 1. The van der Waals surface area contributed by atoms with Crippen molar-refractivity contribution in [3.8, 4) is 0 Å². The number of nitrogens with zero attached hydrogens (tertiary/aromatic N) is 1. The van der Waals surface area contributed by atoms with E-state index in [1.807, 2.05) is 0 Å². The fraction of sp³-hybridized carbons (Fsp3) is 0.429. The summed E-state index contributed by atoms with van der Waals surface area (Å²) in [5.41, 5.74) is 3.55. The van der Waals surface area contributed by atoms with Crippen molar-refractivity contribution in [1.82, 2.24) is 0 Å². The zero-order chi connectivity index (χ0) is 12.2. The van der Waals surface area contributed by atoms with Crippen LogP contribution < -0.4 is 10.1 Å². The molecule has 0 heterocycles. The first-order valence-corrected chi connectivity index (χ1v) is 9.12. The summed E-state index contributed by atoms with van der Waals surface area (Å²) in [6.07, 6.45) is 0. The summed E-state index contributed by atoms with van der Waals surface area (Å²) < 4.78 is 0. The maximum Gasteiger partial charge on any atom is 0.106 e. The molecule has 0 aliphatic heterocycles. The van der Waals surface area contributed by atoms with Crippen molar-refractivity contribution in [2.75, 3.05) is 18.0 Å². The van der Waals surface area contributed by atoms with Crippen LogP contribution >= 0.6 is 0 Å². The van der Waals surface area contributed by atoms with Gasteiger partial charge in [-0.1, -0.05) is 37.0 Å². The summed E-state index contributed by atoms with van der Waals surface area (Å²) in [7, 11) is -1.47. The second-order valence-electron chi connectivity index (χ2n) is 4.62. The van der Waals surface area contributed by atoms with Crippen LogP contribution in [0.2, 0.25) is 13.1 Å². The van der Waals surface area contributed by atoms with Crippen molar-refractivity contribution in [3.05, 3.63) is 36.5 Å². The molecule has 0 spiro atoms. The lowest BCUT2D eigenvalue weighted by Crippen LogP contribution is -2.43. The van der Waals surface area contributed by atoms with Crippen LogP contribution in [0.5, 0.6) is 0 Å². The monoisotopic (exact) mass is 233 g/mol. The molecule has 0 atom stereocenters. The highest BCUT2D eigenvalue weighted by atomic mass is 28.3. The minimum absolute atomic E-state index is 1.06. The molecule has 0 fully saturated rings. The molecule has 0 amide bonds. The lowest BCUT2D eigenvalue weighted by Gasteiger charge is -2.29. The molecule has 0 unspecified atom stereocenters. The van der Waals surface area contributed by atoms with Crippen LogP contribution in [0.4, 0.5) is 5.69 Å². The van der Waals surface area contributed by atoms with E-state index >= 15 is 0 Å². The van der Waals surface area contributed by atoms with Gasteiger partial charge in [0.05, 0.1) is 0 Å². The zero-order valence-electron chi connectivity index (χ0n) is 11.0. The Hall–Kier alpha value is -1.02. The smallest absolute Gasteiger partial charge is 0.106 e. The van der Waals surface area contributed by atoms with Gasteiger partial charge in [-0.2, -0.15) is 0 Å². The Morgan fingerprint density at radius 3 is 2.25 bits per heavy atom. The summed E-state index contributed by atoms with van der Waals surface area (Å²) in [4.78, 5) is 2.42. The summed E-state index contributed by atoms with van der Waals surface area (Å²) in [6, 6.07) is 8.77. The van der Waals surface area contributed by atoms with E-state index in [9.17, 15) is 0 Å². The number of benzene rings is 1. The fourth-order valence-electron chi connectivity index (χ4n) is 1.97. The van der Waals surface area contributed by atoms with Gasteiger partial charge >= 0.3 is 0 Å². The van der Waals surface area contributed by atoms with Crippen LogP contribution in [-0.4, -0.2) is 21.2 Å².